The lowest BCUT2D eigenvalue weighted by Crippen LogP contribution is -2.10. The van der Waals surface area contributed by atoms with Gasteiger partial charge in [-0.05, 0) is 132 Å². The molecule has 0 spiro atoms. The minimum atomic E-state index is 0.929. The Balaban J connectivity index is 1.15. The second-order valence-corrected chi connectivity index (χ2v) is 13.6. The van der Waals surface area contributed by atoms with Gasteiger partial charge in [-0.2, -0.15) is 0 Å². The van der Waals surface area contributed by atoms with E-state index in [-0.39, 0.29) is 0 Å². The average Bonchev–Trinajstić information content (AvgIpc) is 3.71. The third-order valence-electron chi connectivity index (χ3n) is 10.7. The Labute approximate surface area is 304 Å². The zero-order chi connectivity index (χ0) is 34.6. The summed E-state index contributed by atoms with van der Waals surface area (Å²) >= 11 is 0. The average molecular weight is 663 g/mol. The van der Waals surface area contributed by atoms with Gasteiger partial charge in [-0.1, -0.05) is 134 Å². The Hall–Kier alpha value is -6.77. The van der Waals surface area contributed by atoms with Crippen molar-refractivity contribution in [3.63, 3.8) is 0 Å². The van der Waals surface area contributed by atoms with E-state index in [9.17, 15) is 0 Å². The largest absolute Gasteiger partial charge is 0.309 e. The third kappa shape index (κ3) is 4.84. The summed E-state index contributed by atoms with van der Waals surface area (Å²) in [6.07, 6.45) is 15.8. The van der Waals surface area contributed by atoms with E-state index in [1.807, 2.05) is 18.5 Å². The minimum Gasteiger partial charge on any atom is -0.309 e. The van der Waals surface area contributed by atoms with Crippen molar-refractivity contribution in [2.75, 3.05) is 4.90 Å². The molecule has 2 nitrogen and oxygen atoms in total. The number of aromatic nitrogens is 1. The van der Waals surface area contributed by atoms with Crippen molar-refractivity contribution in [3.8, 4) is 33.4 Å². The topological polar surface area (TPSA) is 16.1 Å². The summed E-state index contributed by atoms with van der Waals surface area (Å²) in [5.41, 5.74) is 19.2. The van der Waals surface area contributed by atoms with Crippen LogP contribution in [0.15, 0.2) is 194 Å². The van der Waals surface area contributed by atoms with Crippen molar-refractivity contribution < 1.29 is 0 Å². The molecule has 3 aliphatic rings. The van der Waals surface area contributed by atoms with Crippen LogP contribution in [-0.2, 0) is 0 Å². The van der Waals surface area contributed by atoms with Crippen LogP contribution in [0, 0.1) is 0 Å². The maximum atomic E-state index is 4.69. The minimum absolute atomic E-state index is 0.929. The molecule has 0 amide bonds. The molecule has 0 radical (unpaired) electrons. The van der Waals surface area contributed by atoms with Gasteiger partial charge in [0.05, 0.1) is 11.9 Å². The number of pyridine rings is 1. The molecule has 0 aliphatic heterocycles. The number of hydrogen-bond donors (Lipinski definition) is 0. The molecule has 1 aromatic heterocycles. The van der Waals surface area contributed by atoms with Crippen LogP contribution < -0.4 is 4.90 Å². The molecular weight excluding hydrogens is 629 g/mol. The molecule has 0 saturated carbocycles. The number of rotatable bonds is 7. The smallest absolute Gasteiger partial charge is 0.0644 e. The Kier molecular flexibility index (Phi) is 7.07. The molecule has 0 N–H and O–H groups in total. The zero-order valence-electron chi connectivity index (χ0n) is 28.6. The number of nitrogens with zero attached hydrogens (tertiary/aromatic N) is 2. The van der Waals surface area contributed by atoms with Crippen LogP contribution in [0.2, 0.25) is 0 Å². The molecule has 2 heteroatoms. The Morgan fingerprint density at radius 2 is 1.33 bits per heavy atom. The first-order valence-corrected chi connectivity index (χ1v) is 17.9. The number of hydrogen-bond acceptors (Lipinski definition) is 2. The van der Waals surface area contributed by atoms with Gasteiger partial charge >= 0.3 is 0 Å². The molecule has 244 valence electrons. The molecule has 0 saturated heterocycles. The summed E-state index contributed by atoms with van der Waals surface area (Å²) in [4.78, 5) is 6.81. The first-order chi connectivity index (χ1) is 25.7. The van der Waals surface area contributed by atoms with Crippen molar-refractivity contribution >= 4 is 44.6 Å². The number of anilines is 3. The predicted molar refractivity (Wildman–Crippen MR) is 220 cm³/mol. The van der Waals surface area contributed by atoms with Crippen LogP contribution in [0.1, 0.15) is 23.1 Å². The van der Waals surface area contributed by atoms with Crippen LogP contribution in [-0.4, -0.2) is 4.98 Å². The molecular formula is C50H34N2. The van der Waals surface area contributed by atoms with Gasteiger partial charge in [0.2, 0.25) is 0 Å². The van der Waals surface area contributed by atoms with Gasteiger partial charge in [0, 0.05) is 17.6 Å². The first-order valence-electron chi connectivity index (χ1n) is 17.9. The molecule has 0 bridgehead atoms. The second kappa shape index (κ2) is 12.2. The summed E-state index contributed by atoms with van der Waals surface area (Å²) in [5, 5.41) is 2.57. The fraction of sp³-hybridized carbons (Fsp3) is 0.0200. The lowest BCUT2D eigenvalue weighted by atomic mass is 9.91. The molecule has 10 rings (SSSR count). The molecule has 0 unspecified atom stereocenters. The maximum absolute atomic E-state index is 4.69. The highest BCUT2D eigenvalue weighted by atomic mass is 15.1. The quantitative estimate of drug-likeness (QED) is 0.158. The SMILES string of the molecule is C=C(/C=C\C1=C2CC=CC=C2c2ccccc21)c1cc(-c2ccc3c4c(cccc24)-c2ccccc2-3)cc(N(c2ccccc2)c2cccnc2)c1. The van der Waals surface area contributed by atoms with Gasteiger partial charge in [0.1, 0.15) is 0 Å². The highest BCUT2D eigenvalue weighted by molar-refractivity contribution is 6.18. The summed E-state index contributed by atoms with van der Waals surface area (Å²) < 4.78 is 0. The first kappa shape index (κ1) is 30.1. The Morgan fingerprint density at radius 1 is 0.615 bits per heavy atom. The van der Waals surface area contributed by atoms with E-state index in [1.165, 1.54) is 66.4 Å². The number of fused-ring (bicyclic) bond motifs is 6. The van der Waals surface area contributed by atoms with E-state index in [0.29, 0.717) is 0 Å². The van der Waals surface area contributed by atoms with Crippen LogP contribution in [0.25, 0.3) is 60.9 Å². The number of benzene rings is 6. The fourth-order valence-corrected chi connectivity index (χ4v) is 8.31. The van der Waals surface area contributed by atoms with Gasteiger partial charge in [0.25, 0.3) is 0 Å². The summed E-state index contributed by atoms with van der Waals surface area (Å²) in [6.45, 7) is 4.69. The van der Waals surface area contributed by atoms with E-state index in [1.54, 1.807) is 0 Å². The predicted octanol–water partition coefficient (Wildman–Crippen LogP) is 13.4. The van der Waals surface area contributed by atoms with Crippen LogP contribution in [0.4, 0.5) is 17.1 Å². The van der Waals surface area contributed by atoms with Gasteiger partial charge in [0.15, 0.2) is 0 Å². The van der Waals surface area contributed by atoms with Crippen molar-refractivity contribution in [3.05, 3.63) is 211 Å². The Bertz CT molecular complexity index is 2640. The number of allylic oxidation sites excluding steroid dienone is 9. The van der Waals surface area contributed by atoms with Gasteiger partial charge in [-0.25, -0.2) is 0 Å². The molecule has 6 aromatic carbocycles. The van der Waals surface area contributed by atoms with E-state index in [4.69, 9.17) is 0 Å². The van der Waals surface area contributed by atoms with Crippen molar-refractivity contribution in [1.82, 2.24) is 4.98 Å². The molecule has 0 atom stereocenters. The molecule has 7 aromatic rings. The molecule has 3 aliphatic carbocycles. The van der Waals surface area contributed by atoms with E-state index < -0.39 is 0 Å². The third-order valence-corrected chi connectivity index (χ3v) is 10.7. The standard InChI is InChI=1S/C50H34N2/c1-33(24-25-46-42-18-7-5-16-40(42)41-17-6-8-19-43(41)46)34-29-35(31-38(30-34)52(36-13-3-2-4-14-36)37-15-12-28-51-32-37)39-26-27-49-45-21-10-9-20-44(45)48-23-11-22-47(39)50(48)49/h2-18,20-32H,1,19H2/b25-24-. The summed E-state index contributed by atoms with van der Waals surface area (Å²) in [6, 6.07) is 50.4. The van der Waals surface area contributed by atoms with Crippen molar-refractivity contribution in [1.29, 1.82) is 0 Å². The second-order valence-electron chi connectivity index (χ2n) is 13.6. The normalized spacial score (nSPS) is 13.7. The highest BCUT2D eigenvalue weighted by Crippen LogP contribution is 2.50. The summed E-state index contributed by atoms with van der Waals surface area (Å²) in [7, 11) is 0. The lowest BCUT2D eigenvalue weighted by Gasteiger charge is -2.26. The van der Waals surface area contributed by atoms with E-state index in [2.05, 4.69) is 180 Å². The van der Waals surface area contributed by atoms with Gasteiger partial charge in [-0.15, -0.1) is 0 Å². The van der Waals surface area contributed by atoms with E-state index >= 15 is 0 Å². The van der Waals surface area contributed by atoms with Crippen molar-refractivity contribution in [2.45, 2.75) is 6.42 Å². The fourth-order valence-electron chi connectivity index (χ4n) is 8.31. The van der Waals surface area contributed by atoms with Crippen LogP contribution >= 0.6 is 0 Å². The van der Waals surface area contributed by atoms with Crippen LogP contribution in [0.5, 0.6) is 0 Å². The number of para-hydroxylation sites is 1. The van der Waals surface area contributed by atoms with Crippen LogP contribution in [0.3, 0.4) is 0 Å². The summed E-state index contributed by atoms with van der Waals surface area (Å²) in [5.74, 6) is 0. The molecule has 1 heterocycles. The lowest BCUT2D eigenvalue weighted by molar-refractivity contribution is 1.23. The van der Waals surface area contributed by atoms with Crippen molar-refractivity contribution in [2.24, 2.45) is 0 Å². The molecule has 0 fully saturated rings. The molecule has 52 heavy (non-hydrogen) atoms. The zero-order valence-corrected chi connectivity index (χ0v) is 28.6. The monoisotopic (exact) mass is 662 g/mol. The highest BCUT2D eigenvalue weighted by Gasteiger charge is 2.25. The Morgan fingerprint density at radius 3 is 2.13 bits per heavy atom. The van der Waals surface area contributed by atoms with Gasteiger partial charge in [-0.3, -0.25) is 4.98 Å². The maximum Gasteiger partial charge on any atom is 0.0644 e. The van der Waals surface area contributed by atoms with E-state index in [0.717, 1.165) is 40.2 Å². The van der Waals surface area contributed by atoms with Gasteiger partial charge < -0.3 is 4.90 Å².